The van der Waals surface area contributed by atoms with Crippen molar-refractivity contribution in [1.82, 2.24) is 0 Å². The lowest BCUT2D eigenvalue weighted by Gasteiger charge is -2.15. The maximum Gasteiger partial charge on any atom is 0.331 e. The molecule has 26 heavy (non-hydrogen) atoms. The summed E-state index contributed by atoms with van der Waals surface area (Å²) in [5.74, 6) is -0.428. The molecule has 1 amide bonds. The summed E-state index contributed by atoms with van der Waals surface area (Å²) < 4.78 is 10.6. The number of anilines is 1. The SMILES string of the molecule is CCOc1ccccc1NC(=O)[C@@H](C)OC(=O)/C=C/c1cccc(C)c1. The van der Waals surface area contributed by atoms with Crippen molar-refractivity contribution in [1.29, 1.82) is 0 Å². The minimum Gasteiger partial charge on any atom is -0.492 e. The van der Waals surface area contributed by atoms with Crippen molar-refractivity contribution in [2.75, 3.05) is 11.9 Å². The first-order valence-electron chi connectivity index (χ1n) is 8.47. The lowest BCUT2D eigenvalue weighted by molar-refractivity contribution is -0.148. The van der Waals surface area contributed by atoms with Crippen molar-refractivity contribution in [2.24, 2.45) is 0 Å². The first kappa shape index (κ1) is 19.2. The van der Waals surface area contributed by atoms with Crippen LogP contribution in [0.25, 0.3) is 6.08 Å². The van der Waals surface area contributed by atoms with Crippen LogP contribution in [0.5, 0.6) is 5.75 Å². The number of rotatable bonds is 7. The quantitative estimate of drug-likeness (QED) is 0.604. The molecule has 1 N–H and O–H groups in total. The van der Waals surface area contributed by atoms with Gasteiger partial charge < -0.3 is 14.8 Å². The highest BCUT2D eigenvalue weighted by Crippen LogP contribution is 2.23. The molecule has 0 aliphatic rings. The molecule has 136 valence electrons. The number of amides is 1. The molecule has 2 aromatic carbocycles. The first-order chi connectivity index (χ1) is 12.5. The van der Waals surface area contributed by atoms with Crippen LogP contribution in [-0.4, -0.2) is 24.6 Å². The summed E-state index contributed by atoms with van der Waals surface area (Å²) in [6, 6.07) is 14.8. The van der Waals surface area contributed by atoms with E-state index in [-0.39, 0.29) is 0 Å². The van der Waals surface area contributed by atoms with Crippen LogP contribution in [0, 0.1) is 6.92 Å². The highest BCUT2D eigenvalue weighted by Gasteiger charge is 2.18. The maximum atomic E-state index is 12.3. The van der Waals surface area contributed by atoms with Gasteiger partial charge in [0.1, 0.15) is 5.75 Å². The van der Waals surface area contributed by atoms with E-state index in [4.69, 9.17) is 9.47 Å². The molecular weight excluding hydrogens is 330 g/mol. The van der Waals surface area contributed by atoms with E-state index in [1.165, 1.54) is 13.0 Å². The van der Waals surface area contributed by atoms with E-state index in [1.54, 1.807) is 24.3 Å². The van der Waals surface area contributed by atoms with Gasteiger partial charge in [-0.05, 0) is 44.5 Å². The van der Waals surface area contributed by atoms with Crippen LogP contribution in [0.3, 0.4) is 0 Å². The molecule has 1 atom stereocenters. The minimum absolute atomic E-state index is 0.422. The Morgan fingerprint density at radius 2 is 1.92 bits per heavy atom. The molecule has 0 fully saturated rings. The summed E-state index contributed by atoms with van der Waals surface area (Å²) in [7, 11) is 0. The van der Waals surface area contributed by atoms with Gasteiger partial charge in [0.15, 0.2) is 6.10 Å². The van der Waals surface area contributed by atoms with Gasteiger partial charge in [0.05, 0.1) is 12.3 Å². The van der Waals surface area contributed by atoms with Crippen LogP contribution in [0.4, 0.5) is 5.69 Å². The fraction of sp³-hybridized carbons (Fsp3) is 0.238. The second-order valence-electron chi connectivity index (χ2n) is 5.75. The van der Waals surface area contributed by atoms with Crippen LogP contribution in [0.1, 0.15) is 25.0 Å². The molecule has 0 aliphatic heterocycles. The Balaban J connectivity index is 1.93. The third-order valence-corrected chi connectivity index (χ3v) is 3.56. The molecular formula is C21H23NO4. The fourth-order valence-corrected chi connectivity index (χ4v) is 2.29. The summed E-state index contributed by atoms with van der Waals surface area (Å²) in [5, 5.41) is 2.72. The number of carbonyl (C=O) groups excluding carboxylic acids is 2. The van der Waals surface area contributed by atoms with E-state index in [9.17, 15) is 9.59 Å². The second kappa shape index (κ2) is 9.42. The average molecular weight is 353 g/mol. The second-order valence-corrected chi connectivity index (χ2v) is 5.75. The number of para-hydroxylation sites is 2. The van der Waals surface area contributed by atoms with Crippen molar-refractivity contribution in [3.05, 3.63) is 65.7 Å². The zero-order valence-corrected chi connectivity index (χ0v) is 15.2. The molecule has 0 saturated carbocycles. The van der Waals surface area contributed by atoms with E-state index in [0.717, 1.165) is 11.1 Å². The van der Waals surface area contributed by atoms with E-state index in [2.05, 4.69) is 5.32 Å². The Morgan fingerprint density at radius 3 is 2.65 bits per heavy atom. The van der Waals surface area contributed by atoms with E-state index in [0.29, 0.717) is 18.0 Å². The molecule has 0 saturated heterocycles. The Morgan fingerprint density at radius 1 is 1.15 bits per heavy atom. The summed E-state index contributed by atoms with van der Waals surface area (Å²) in [4.78, 5) is 24.2. The van der Waals surface area contributed by atoms with Crippen molar-refractivity contribution < 1.29 is 19.1 Å². The van der Waals surface area contributed by atoms with Crippen molar-refractivity contribution in [3.8, 4) is 5.75 Å². The molecule has 2 rings (SSSR count). The third-order valence-electron chi connectivity index (χ3n) is 3.56. The van der Waals surface area contributed by atoms with Gasteiger partial charge in [-0.25, -0.2) is 4.79 Å². The van der Waals surface area contributed by atoms with Gasteiger partial charge in [-0.1, -0.05) is 42.0 Å². The topological polar surface area (TPSA) is 64.6 Å². The average Bonchev–Trinajstić information content (AvgIpc) is 2.62. The van der Waals surface area contributed by atoms with Crippen molar-refractivity contribution in [3.63, 3.8) is 0 Å². The van der Waals surface area contributed by atoms with Gasteiger partial charge in [0.2, 0.25) is 0 Å². The Hall–Kier alpha value is -3.08. The number of hydrogen-bond donors (Lipinski definition) is 1. The molecule has 2 aromatic rings. The van der Waals surface area contributed by atoms with Gasteiger partial charge in [0.25, 0.3) is 5.91 Å². The Kier molecular flexibility index (Phi) is 6.97. The molecule has 0 spiro atoms. The number of esters is 1. The van der Waals surface area contributed by atoms with E-state index < -0.39 is 18.0 Å². The van der Waals surface area contributed by atoms with Gasteiger partial charge in [-0.15, -0.1) is 0 Å². The lowest BCUT2D eigenvalue weighted by atomic mass is 10.1. The number of aryl methyl sites for hydroxylation is 1. The molecule has 0 bridgehead atoms. The van der Waals surface area contributed by atoms with Crippen molar-refractivity contribution >= 4 is 23.6 Å². The molecule has 0 radical (unpaired) electrons. The number of nitrogens with one attached hydrogen (secondary N) is 1. The van der Waals surface area contributed by atoms with Crippen LogP contribution in [-0.2, 0) is 14.3 Å². The normalized spacial score (nSPS) is 11.8. The molecule has 0 heterocycles. The molecule has 0 aromatic heterocycles. The maximum absolute atomic E-state index is 12.3. The van der Waals surface area contributed by atoms with Gasteiger partial charge >= 0.3 is 5.97 Å². The monoisotopic (exact) mass is 353 g/mol. The zero-order chi connectivity index (χ0) is 18.9. The van der Waals surface area contributed by atoms with Crippen LogP contribution < -0.4 is 10.1 Å². The van der Waals surface area contributed by atoms with Crippen LogP contribution in [0.15, 0.2) is 54.6 Å². The third kappa shape index (κ3) is 5.77. The van der Waals surface area contributed by atoms with E-state index in [1.807, 2.05) is 44.2 Å². The first-order valence-corrected chi connectivity index (χ1v) is 8.47. The smallest absolute Gasteiger partial charge is 0.331 e. The van der Waals surface area contributed by atoms with Gasteiger partial charge in [0, 0.05) is 6.08 Å². The molecule has 0 aliphatic carbocycles. The summed E-state index contributed by atoms with van der Waals surface area (Å²) in [5.41, 5.74) is 2.53. The largest absolute Gasteiger partial charge is 0.492 e. The van der Waals surface area contributed by atoms with Crippen LogP contribution in [0.2, 0.25) is 0 Å². The molecule has 0 unspecified atom stereocenters. The zero-order valence-electron chi connectivity index (χ0n) is 15.2. The number of ether oxygens (including phenoxy) is 2. The summed E-state index contributed by atoms with van der Waals surface area (Å²) >= 11 is 0. The fourth-order valence-electron chi connectivity index (χ4n) is 2.29. The predicted molar refractivity (Wildman–Crippen MR) is 102 cm³/mol. The number of benzene rings is 2. The Labute approximate surface area is 153 Å². The standard InChI is InChI=1S/C21H23NO4/c1-4-25-19-11-6-5-10-18(19)22-21(24)16(3)26-20(23)13-12-17-9-7-8-15(2)14-17/h5-14,16H,4H2,1-3H3,(H,22,24)/b13-12+/t16-/m1/s1. The highest BCUT2D eigenvalue weighted by molar-refractivity contribution is 5.97. The highest BCUT2D eigenvalue weighted by atomic mass is 16.5. The molecule has 5 nitrogen and oxygen atoms in total. The van der Waals surface area contributed by atoms with E-state index >= 15 is 0 Å². The Bertz CT molecular complexity index is 798. The van der Waals surface area contributed by atoms with Gasteiger partial charge in [-0.3, -0.25) is 4.79 Å². The minimum atomic E-state index is -0.931. The van der Waals surface area contributed by atoms with Crippen LogP contribution >= 0.6 is 0 Å². The molecule has 5 heteroatoms. The summed E-state index contributed by atoms with van der Waals surface area (Å²) in [6.45, 7) is 5.85. The lowest BCUT2D eigenvalue weighted by Crippen LogP contribution is -2.29. The number of carbonyl (C=O) groups is 2. The number of hydrogen-bond acceptors (Lipinski definition) is 4. The summed E-state index contributed by atoms with van der Waals surface area (Å²) in [6.07, 6.45) is 2.04. The van der Waals surface area contributed by atoms with Crippen molar-refractivity contribution in [2.45, 2.75) is 26.9 Å². The van der Waals surface area contributed by atoms with Gasteiger partial charge in [-0.2, -0.15) is 0 Å². The predicted octanol–water partition coefficient (Wildman–Crippen LogP) is 3.98.